The third-order valence-corrected chi connectivity index (χ3v) is 1.28. The fourth-order valence-electron chi connectivity index (χ4n) is 0.799. The smallest absolute Gasteiger partial charge is 0.309 e. The van der Waals surface area contributed by atoms with Crippen LogP contribution in [0.4, 0.5) is 5.69 Å². The number of aromatic nitrogens is 1. The maximum absolute atomic E-state index is 10.2. The molecule has 1 aromatic heterocycles. The van der Waals surface area contributed by atoms with Crippen molar-refractivity contribution in [3.63, 3.8) is 0 Å². The Morgan fingerprint density at radius 3 is 2.83 bits per heavy atom. The molecule has 1 aromatic rings. The Kier molecular flexibility index (Phi) is 2.09. The lowest BCUT2D eigenvalue weighted by Gasteiger charge is -1.86. The van der Waals surface area contributed by atoms with E-state index < -0.39 is 10.9 Å². The first-order chi connectivity index (χ1) is 5.59. The number of H-pyrrole nitrogens is 1. The fraction of sp³-hybridized carbons (Fsp3) is 0.167. The highest BCUT2D eigenvalue weighted by Crippen LogP contribution is 2.12. The fourth-order valence-corrected chi connectivity index (χ4v) is 0.799. The zero-order chi connectivity index (χ0) is 9.14. The molecule has 0 fully saturated rings. The number of hydrogen-bond acceptors (Lipinski definition) is 3. The zero-order valence-corrected chi connectivity index (χ0v) is 5.98. The number of aromatic amines is 1. The lowest BCUT2D eigenvalue weighted by Crippen LogP contribution is -1.99. The van der Waals surface area contributed by atoms with E-state index in [-0.39, 0.29) is 12.1 Å². The SMILES string of the molecule is O=C(O)Cc1cc([N+](=O)[O-])c[nH]1. The monoisotopic (exact) mass is 170 g/mol. The summed E-state index contributed by atoms with van der Waals surface area (Å²) in [6, 6.07) is 1.20. The summed E-state index contributed by atoms with van der Waals surface area (Å²) in [7, 11) is 0. The van der Waals surface area contributed by atoms with Crippen LogP contribution in [0.3, 0.4) is 0 Å². The molecule has 0 aliphatic rings. The molecule has 0 bridgehead atoms. The lowest BCUT2D eigenvalue weighted by molar-refractivity contribution is -0.384. The minimum Gasteiger partial charge on any atom is -0.481 e. The molecule has 0 aliphatic heterocycles. The molecule has 0 radical (unpaired) electrons. The Hall–Kier alpha value is -1.85. The van der Waals surface area contributed by atoms with Gasteiger partial charge in [-0.1, -0.05) is 0 Å². The average Bonchev–Trinajstić information content (AvgIpc) is 2.34. The topological polar surface area (TPSA) is 96.2 Å². The van der Waals surface area contributed by atoms with Crippen LogP contribution in [-0.4, -0.2) is 21.0 Å². The van der Waals surface area contributed by atoms with Crippen LogP contribution in [0.5, 0.6) is 0 Å². The summed E-state index contributed by atoms with van der Waals surface area (Å²) in [4.78, 5) is 22.2. The van der Waals surface area contributed by atoms with E-state index in [1.807, 2.05) is 0 Å². The van der Waals surface area contributed by atoms with Gasteiger partial charge in [-0.25, -0.2) is 0 Å². The Morgan fingerprint density at radius 1 is 1.75 bits per heavy atom. The van der Waals surface area contributed by atoms with E-state index in [1.54, 1.807) is 0 Å². The second-order valence-corrected chi connectivity index (χ2v) is 2.21. The first-order valence-corrected chi connectivity index (χ1v) is 3.13. The van der Waals surface area contributed by atoms with Crippen molar-refractivity contribution < 1.29 is 14.8 Å². The Morgan fingerprint density at radius 2 is 2.42 bits per heavy atom. The molecule has 0 unspecified atom stereocenters. The number of nitrogens with zero attached hydrogens (tertiary/aromatic N) is 1. The molecule has 2 N–H and O–H groups in total. The van der Waals surface area contributed by atoms with Crippen LogP contribution in [-0.2, 0) is 11.2 Å². The van der Waals surface area contributed by atoms with Gasteiger partial charge in [-0.3, -0.25) is 14.9 Å². The van der Waals surface area contributed by atoms with Gasteiger partial charge in [0, 0.05) is 11.8 Å². The third kappa shape index (κ3) is 1.82. The first-order valence-electron chi connectivity index (χ1n) is 3.13. The highest BCUT2D eigenvalue weighted by molar-refractivity contribution is 5.69. The molecule has 0 aromatic carbocycles. The molecule has 64 valence electrons. The van der Waals surface area contributed by atoms with Gasteiger partial charge in [-0.2, -0.15) is 0 Å². The number of carbonyl (C=O) groups is 1. The normalized spacial score (nSPS) is 9.67. The van der Waals surface area contributed by atoms with Crippen LogP contribution in [0.2, 0.25) is 0 Å². The van der Waals surface area contributed by atoms with Gasteiger partial charge in [0.05, 0.1) is 17.5 Å². The first kappa shape index (κ1) is 8.25. The number of carboxylic acids is 1. The minimum absolute atomic E-state index is 0.119. The van der Waals surface area contributed by atoms with Gasteiger partial charge < -0.3 is 10.1 Å². The van der Waals surface area contributed by atoms with E-state index >= 15 is 0 Å². The van der Waals surface area contributed by atoms with Crippen molar-refractivity contribution in [2.75, 3.05) is 0 Å². The van der Waals surface area contributed by atoms with E-state index in [1.165, 1.54) is 6.07 Å². The number of hydrogen-bond donors (Lipinski definition) is 2. The molecule has 6 heteroatoms. The van der Waals surface area contributed by atoms with Gasteiger partial charge in [-0.15, -0.1) is 0 Å². The standard InChI is InChI=1S/C6H6N2O4/c9-6(10)2-4-1-5(3-7-4)8(11)12/h1,3,7H,2H2,(H,9,10). The minimum atomic E-state index is -1.02. The molecule has 1 heterocycles. The molecule has 12 heavy (non-hydrogen) atoms. The number of nitrogens with one attached hydrogen (secondary N) is 1. The summed E-state index contributed by atoms with van der Waals surface area (Å²) >= 11 is 0. The number of nitro groups is 1. The van der Waals surface area contributed by atoms with Crippen molar-refractivity contribution in [2.24, 2.45) is 0 Å². The number of rotatable bonds is 3. The van der Waals surface area contributed by atoms with Crippen LogP contribution in [0.15, 0.2) is 12.3 Å². The van der Waals surface area contributed by atoms with E-state index in [9.17, 15) is 14.9 Å². The van der Waals surface area contributed by atoms with Gasteiger partial charge in [0.1, 0.15) is 0 Å². The maximum Gasteiger partial charge on any atom is 0.309 e. The van der Waals surface area contributed by atoms with E-state index in [2.05, 4.69) is 4.98 Å². The second-order valence-electron chi connectivity index (χ2n) is 2.21. The van der Waals surface area contributed by atoms with Crippen molar-refractivity contribution in [1.29, 1.82) is 0 Å². The van der Waals surface area contributed by atoms with Crippen LogP contribution < -0.4 is 0 Å². The number of aliphatic carboxylic acids is 1. The van der Waals surface area contributed by atoms with Gasteiger partial charge in [0.2, 0.25) is 0 Å². The van der Waals surface area contributed by atoms with Crippen molar-refractivity contribution in [1.82, 2.24) is 4.98 Å². The van der Waals surface area contributed by atoms with Crippen molar-refractivity contribution in [3.05, 3.63) is 28.1 Å². The molecule has 1 rings (SSSR count). The predicted octanol–water partition coefficient (Wildman–Crippen LogP) is 0.550. The molecule has 0 aliphatic carbocycles. The Labute approximate surface area is 67.0 Å². The summed E-state index contributed by atoms with van der Waals surface area (Å²) in [6.45, 7) is 0. The van der Waals surface area contributed by atoms with Crippen LogP contribution in [0.1, 0.15) is 5.69 Å². The second kappa shape index (κ2) is 3.04. The van der Waals surface area contributed by atoms with Gasteiger partial charge in [-0.05, 0) is 0 Å². The van der Waals surface area contributed by atoms with Gasteiger partial charge >= 0.3 is 5.97 Å². The van der Waals surface area contributed by atoms with E-state index in [0.29, 0.717) is 5.69 Å². The van der Waals surface area contributed by atoms with Gasteiger partial charge in [0.25, 0.3) is 5.69 Å². The Balaban J connectivity index is 2.77. The van der Waals surface area contributed by atoms with Crippen molar-refractivity contribution >= 4 is 11.7 Å². The summed E-state index contributed by atoms with van der Waals surface area (Å²) in [5.74, 6) is -1.02. The molecular formula is C6H6N2O4. The van der Waals surface area contributed by atoms with Crippen molar-refractivity contribution in [2.45, 2.75) is 6.42 Å². The lowest BCUT2D eigenvalue weighted by atomic mass is 10.3. The van der Waals surface area contributed by atoms with Crippen LogP contribution >= 0.6 is 0 Å². The van der Waals surface area contributed by atoms with Crippen molar-refractivity contribution in [3.8, 4) is 0 Å². The highest BCUT2D eigenvalue weighted by Gasteiger charge is 2.10. The van der Waals surface area contributed by atoms with E-state index in [0.717, 1.165) is 6.20 Å². The number of carboxylic acid groups (broad SMARTS) is 1. The summed E-state index contributed by atoms with van der Waals surface area (Å²) in [5.41, 5.74) is 0.209. The van der Waals surface area contributed by atoms with Crippen LogP contribution in [0.25, 0.3) is 0 Å². The summed E-state index contributed by atoms with van der Waals surface area (Å²) in [5, 5.41) is 18.5. The average molecular weight is 170 g/mol. The largest absolute Gasteiger partial charge is 0.481 e. The highest BCUT2D eigenvalue weighted by atomic mass is 16.6. The molecule has 0 saturated heterocycles. The molecule has 0 atom stereocenters. The molecule has 6 nitrogen and oxygen atoms in total. The third-order valence-electron chi connectivity index (χ3n) is 1.28. The maximum atomic E-state index is 10.2. The summed E-state index contributed by atoms with van der Waals surface area (Å²) in [6.07, 6.45) is 0.937. The summed E-state index contributed by atoms with van der Waals surface area (Å²) < 4.78 is 0. The quantitative estimate of drug-likeness (QED) is 0.511. The van der Waals surface area contributed by atoms with Crippen LogP contribution in [0, 0.1) is 10.1 Å². The molecule has 0 spiro atoms. The zero-order valence-electron chi connectivity index (χ0n) is 5.98. The predicted molar refractivity (Wildman–Crippen MR) is 38.8 cm³/mol. The molecule has 0 saturated carbocycles. The molecule has 0 amide bonds. The van der Waals surface area contributed by atoms with Gasteiger partial charge in [0.15, 0.2) is 0 Å². The Bertz CT molecular complexity index is 317. The molecular weight excluding hydrogens is 164 g/mol. The van der Waals surface area contributed by atoms with E-state index in [4.69, 9.17) is 5.11 Å².